The Hall–Kier alpha value is -2.09. The zero-order valence-electron chi connectivity index (χ0n) is 14.4. The van der Waals surface area contributed by atoms with E-state index in [0.717, 1.165) is 31.3 Å². The molecule has 0 atom stereocenters. The van der Waals surface area contributed by atoms with Gasteiger partial charge in [-0.15, -0.1) is 0 Å². The molecule has 2 nitrogen and oxygen atoms in total. The van der Waals surface area contributed by atoms with Gasteiger partial charge in [0.25, 0.3) is 0 Å². The summed E-state index contributed by atoms with van der Waals surface area (Å²) in [7, 11) is 0. The van der Waals surface area contributed by atoms with E-state index in [4.69, 9.17) is 4.74 Å². The van der Waals surface area contributed by atoms with E-state index in [1.54, 1.807) is 0 Å². The Kier molecular flexibility index (Phi) is 6.40. The van der Waals surface area contributed by atoms with Gasteiger partial charge in [-0.1, -0.05) is 48.4 Å². The van der Waals surface area contributed by atoms with Crippen molar-refractivity contribution in [1.82, 2.24) is 0 Å². The number of carbonyl (C=O) groups excluding carboxylic acids is 1. The predicted octanol–water partition coefficient (Wildman–Crippen LogP) is 4.95. The molecule has 0 aromatic heterocycles. The lowest BCUT2D eigenvalue weighted by atomic mass is 9.97. The Morgan fingerprint density at radius 2 is 1.78 bits per heavy atom. The number of aryl methyl sites for hydroxylation is 1. The smallest absolute Gasteiger partial charge is 0.123 e. The summed E-state index contributed by atoms with van der Waals surface area (Å²) in [6.45, 7) is 6.89. The predicted molar refractivity (Wildman–Crippen MR) is 95.3 cm³/mol. The standard InChI is InChI=1S/C21H26O2/c1-4-18-6-8-19(9-7-18)14-20-15-21(23-11-5-10-22)13-16(2)12-17(20)3/h6-10,12-13H,4-5,11,14-15H2,1-3H3. The molecule has 0 fully saturated rings. The monoisotopic (exact) mass is 310 g/mol. The molecule has 1 aliphatic rings. The molecule has 0 heterocycles. The molecule has 23 heavy (non-hydrogen) atoms. The van der Waals surface area contributed by atoms with Crippen molar-refractivity contribution in [2.24, 2.45) is 0 Å². The first-order chi connectivity index (χ1) is 11.1. The van der Waals surface area contributed by atoms with E-state index in [1.165, 1.54) is 27.8 Å². The van der Waals surface area contributed by atoms with Crippen LogP contribution in [0.15, 0.2) is 58.9 Å². The van der Waals surface area contributed by atoms with Crippen LogP contribution >= 0.6 is 0 Å². The third kappa shape index (κ3) is 5.24. The van der Waals surface area contributed by atoms with E-state index in [9.17, 15) is 4.79 Å². The highest BCUT2D eigenvalue weighted by atomic mass is 16.5. The molecule has 0 saturated carbocycles. The molecular formula is C21H26O2. The lowest BCUT2D eigenvalue weighted by molar-refractivity contribution is -0.108. The van der Waals surface area contributed by atoms with Crippen molar-refractivity contribution >= 4 is 6.29 Å². The Morgan fingerprint density at radius 3 is 2.43 bits per heavy atom. The summed E-state index contributed by atoms with van der Waals surface area (Å²) in [5, 5.41) is 0. The average Bonchev–Trinajstić information content (AvgIpc) is 2.67. The van der Waals surface area contributed by atoms with Crippen molar-refractivity contribution in [1.29, 1.82) is 0 Å². The molecule has 2 heteroatoms. The van der Waals surface area contributed by atoms with E-state index in [-0.39, 0.29) is 0 Å². The van der Waals surface area contributed by atoms with Gasteiger partial charge < -0.3 is 9.53 Å². The van der Waals surface area contributed by atoms with Crippen molar-refractivity contribution < 1.29 is 9.53 Å². The number of carbonyl (C=O) groups is 1. The highest BCUT2D eigenvalue weighted by Gasteiger charge is 2.11. The van der Waals surface area contributed by atoms with Crippen LogP contribution in [-0.2, 0) is 22.4 Å². The fraction of sp³-hybridized carbons (Fsp3) is 0.381. The van der Waals surface area contributed by atoms with Gasteiger partial charge in [0.2, 0.25) is 0 Å². The molecule has 0 bridgehead atoms. The van der Waals surface area contributed by atoms with Crippen LogP contribution in [0.1, 0.15) is 44.7 Å². The topological polar surface area (TPSA) is 26.3 Å². The summed E-state index contributed by atoms with van der Waals surface area (Å²) >= 11 is 0. The van der Waals surface area contributed by atoms with Crippen molar-refractivity contribution in [2.45, 2.75) is 46.5 Å². The Labute approximate surface area is 139 Å². The van der Waals surface area contributed by atoms with Crippen LogP contribution in [0, 0.1) is 0 Å². The number of hydrogen-bond acceptors (Lipinski definition) is 2. The zero-order valence-corrected chi connectivity index (χ0v) is 14.4. The lowest BCUT2D eigenvalue weighted by Crippen LogP contribution is -2.00. The van der Waals surface area contributed by atoms with Gasteiger partial charge in [0.1, 0.15) is 12.0 Å². The minimum absolute atomic E-state index is 0.441. The fourth-order valence-electron chi connectivity index (χ4n) is 2.81. The maximum atomic E-state index is 10.5. The maximum absolute atomic E-state index is 10.5. The maximum Gasteiger partial charge on any atom is 0.123 e. The summed E-state index contributed by atoms with van der Waals surface area (Å²) in [6, 6.07) is 8.86. The minimum Gasteiger partial charge on any atom is -0.497 e. The van der Waals surface area contributed by atoms with Crippen LogP contribution in [0.25, 0.3) is 0 Å². The highest BCUT2D eigenvalue weighted by Crippen LogP contribution is 2.26. The van der Waals surface area contributed by atoms with Gasteiger partial charge in [-0.25, -0.2) is 0 Å². The van der Waals surface area contributed by atoms with Gasteiger partial charge in [-0.05, 0) is 49.5 Å². The first-order valence-electron chi connectivity index (χ1n) is 8.34. The largest absolute Gasteiger partial charge is 0.497 e. The average molecular weight is 310 g/mol. The van der Waals surface area contributed by atoms with E-state index >= 15 is 0 Å². The SMILES string of the molecule is CCc1ccc(CC2=C(C)C=C(C)C=C(OCCC=O)C2)cc1. The van der Waals surface area contributed by atoms with Crippen LogP contribution in [0.4, 0.5) is 0 Å². The molecule has 2 rings (SSSR count). The van der Waals surface area contributed by atoms with E-state index in [2.05, 4.69) is 57.2 Å². The van der Waals surface area contributed by atoms with Gasteiger partial charge in [0, 0.05) is 12.8 Å². The quantitative estimate of drug-likeness (QED) is 0.526. The van der Waals surface area contributed by atoms with Gasteiger partial charge in [0.05, 0.1) is 6.61 Å². The summed E-state index contributed by atoms with van der Waals surface area (Å²) in [4.78, 5) is 10.5. The second-order valence-electron chi connectivity index (χ2n) is 6.11. The second-order valence-corrected chi connectivity index (χ2v) is 6.11. The molecule has 1 aromatic carbocycles. The van der Waals surface area contributed by atoms with Crippen LogP contribution in [0.3, 0.4) is 0 Å². The molecule has 0 saturated heterocycles. The molecule has 0 N–H and O–H groups in total. The number of benzene rings is 1. The van der Waals surface area contributed by atoms with Gasteiger partial charge in [-0.2, -0.15) is 0 Å². The zero-order chi connectivity index (χ0) is 16.7. The number of hydrogen-bond donors (Lipinski definition) is 0. The molecule has 122 valence electrons. The van der Waals surface area contributed by atoms with Gasteiger partial charge >= 0.3 is 0 Å². The molecule has 0 unspecified atom stereocenters. The molecule has 1 aromatic rings. The van der Waals surface area contributed by atoms with Crippen molar-refractivity contribution in [3.05, 3.63) is 70.0 Å². The summed E-state index contributed by atoms with van der Waals surface area (Å²) in [5.74, 6) is 0.956. The second kappa shape index (κ2) is 8.52. The van der Waals surface area contributed by atoms with E-state index in [1.807, 2.05) is 0 Å². The van der Waals surface area contributed by atoms with Crippen LogP contribution < -0.4 is 0 Å². The van der Waals surface area contributed by atoms with E-state index in [0.29, 0.717) is 13.0 Å². The number of rotatable bonds is 7. The molecular weight excluding hydrogens is 284 g/mol. The van der Waals surface area contributed by atoms with Crippen LogP contribution in [0.2, 0.25) is 0 Å². The number of allylic oxidation sites excluding steroid dienone is 5. The molecule has 0 aliphatic heterocycles. The van der Waals surface area contributed by atoms with Crippen molar-refractivity contribution in [3.8, 4) is 0 Å². The molecule has 0 radical (unpaired) electrons. The Bertz CT molecular complexity index is 630. The summed E-state index contributed by atoms with van der Waals surface area (Å²) in [6.07, 6.45) is 8.46. The van der Waals surface area contributed by atoms with Gasteiger partial charge in [-0.3, -0.25) is 0 Å². The third-order valence-corrected chi connectivity index (χ3v) is 4.15. The Morgan fingerprint density at radius 1 is 1.09 bits per heavy atom. The highest BCUT2D eigenvalue weighted by molar-refractivity contribution is 5.49. The molecule has 0 spiro atoms. The molecule has 0 amide bonds. The summed E-state index contributed by atoms with van der Waals surface area (Å²) < 4.78 is 5.78. The first kappa shape index (κ1) is 17.3. The third-order valence-electron chi connectivity index (χ3n) is 4.15. The first-order valence-corrected chi connectivity index (χ1v) is 8.34. The van der Waals surface area contributed by atoms with E-state index < -0.39 is 0 Å². The van der Waals surface area contributed by atoms with Crippen molar-refractivity contribution in [3.63, 3.8) is 0 Å². The normalized spacial score (nSPS) is 14.9. The molecule has 1 aliphatic carbocycles. The van der Waals surface area contributed by atoms with Crippen molar-refractivity contribution in [2.75, 3.05) is 6.61 Å². The summed E-state index contributed by atoms with van der Waals surface area (Å²) in [5.41, 5.74) is 6.58. The minimum atomic E-state index is 0.441. The fourth-order valence-corrected chi connectivity index (χ4v) is 2.81. The number of aldehydes is 1. The van der Waals surface area contributed by atoms with Gasteiger partial charge in [0.15, 0.2) is 0 Å². The Balaban J connectivity index is 2.13. The lowest BCUT2D eigenvalue weighted by Gasteiger charge is -2.13. The van der Waals surface area contributed by atoms with Crippen LogP contribution in [0.5, 0.6) is 0 Å². The van der Waals surface area contributed by atoms with Crippen LogP contribution in [-0.4, -0.2) is 12.9 Å². The number of ether oxygens (including phenoxy) is 1.